The Balaban J connectivity index is 1.50. The number of benzene rings is 1. The molecule has 1 aromatic heterocycles. The Morgan fingerprint density at radius 3 is 2.31 bits per heavy atom. The first-order chi connectivity index (χ1) is 13.7. The average molecular weight is 408 g/mol. The summed E-state index contributed by atoms with van der Waals surface area (Å²) in [6.45, 7) is 4.56. The van der Waals surface area contributed by atoms with Gasteiger partial charge in [-0.3, -0.25) is 4.79 Å². The fourth-order valence-corrected chi connectivity index (χ4v) is 3.20. The van der Waals surface area contributed by atoms with Gasteiger partial charge in [0.25, 0.3) is 0 Å². The van der Waals surface area contributed by atoms with Crippen LogP contribution in [0.25, 0.3) is 0 Å². The van der Waals surface area contributed by atoms with Gasteiger partial charge in [-0.25, -0.2) is 0 Å². The second-order valence-electron chi connectivity index (χ2n) is 8.04. The molecule has 1 amide bonds. The maximum absolute atomic E-state index is 12.6. The predicted octanol–water partition coefficient (Wildman–Crippen LogP) is 4.47. The van der Waals surface area contributed by atoms with Gasteiger partial charge in [-0.05, 0) is 42.9 Å². The van der Waals surface area contributed by atoms with Crippen molar-refractivity contribution in [3.63, 3.8) is 0 Å². The van der Waals surface area contributed by atoms with Crippen LogP contribution >= 0.6 is 0 Å². The minimum absolute atomic E-state index is 0.154. The molecule has 5 nitrogen and oxygen atoms in total. The first kappa shape index (κ1) is 21.3. The number of carbonyl (C=O) groups is 1. The summed E-state index contributed by atoms with van der Waals surface area (Å²) in [6, 6.07) is 5.27. The highest BCUT2D eigenvalue weighted by molar-refractivity contribution is 5.76. The van der Waals surface area contributed by atoms with E-state index in [1.54, 1.807) is 0 Å². The summed E-state index contributed by atoms with van der Waals surface area (Å²) in [5.41, 5.74) is -0.0660. The number of carbonyl (C=O) groups excluding carboxylic acids is 1. The zero-order valence-corrected chi connectivity index (χ0v) is 16.8. The number of rotatable bonds is 9. The van der Waals surface area contributed by atoms with E-state index in [2.05, 4.69) is 33.9 Å². The molecule has 3 rings (SSSR count). The van der Waals surface area contributed by atoms with Crippen LogP contribution in [0.1, 0.15) is 68.3 Å². The van der Waals surface area contributed by atoms with Crippen LogP contribution in [0.5, 0.6) is 0 Å². The number of hydrogen-bond donors (Lipinski definition) is 1. The number of aromatic nitrogens is 3. The van der Waals surface area contributed by atoms with Crippen molar-refractivity contribution in [1.82, 2.24) is 20.1 Å². The molecule has 1 saturated carbocycles. The molecule has 1 heterocycles. The maximum atomic E-state index is 12.6. The van der Waals surface area contributed by atoms with Crippen molar-refractivity contribution in [3.8, 4) is 0 Å². The summed E-state index contributed by atoms with van der Waals surface area (Å²) < 4.78 is 40.0. The molecule has 1 aliphatic carbocycles. The fourth-order valence-electron chi connectivity index (χ4n) is 3.20. The maximum Gasteiger partial charge on any atom is 0.416 e. The summed E-state index contributed by atoms with van der Waals surface area (Å²) in [7, 11) is 0. The van der Waals surface area contributed by atoms with Crippen LogP contribution < -0.4 is 5.32 Å². The van der Waals surface area contributed by atoms with Crippen LogP contribution in [-0.2, 0) is 30.4 Å². The highest BCUT2D eigenvalue weighted by Crippen LogP contribution is 2.37. The van der Waals surface area contributed by atoms with Gasteiger partial charge in [-0.1, -0.05) is 26.0 Å². The van der Waals surface area contributed by atoms with Crippen molar-refractivity contribution in [2.75, 3.05) is 0 Å². The van der Waals surface area contributed by atoms with Gasteiger partial charge >= 0.3 is 6.18 Å². The minimum Gasteiger partial charge on any atom is -0.352 e. The first-order valence-corrected chi connectivity index (χ1v) is 10.1. The number of hydrogen-bond acceptors (Lipinski definition) is 3. The lowest BCUT2D eigenvalue weighted by Crippen LogP contribution is -2.23. The summed E-state index contributed by atoms with van der Waals surface area (Å²) in [5.74, 6) is 2.29. The van der Waals surface area contributed by atoms with Gasteiger partial charge < -0.3 is 9.88 Å². The molecule has 158 valence electrons. The number of nitrogens with zero attached hydrogens (tertiary/aromatic N) is 3. The first-order valence-electron chi connectivity index (χ1n) is 10.1. The normalized spacial score (nSPS) is 14.4. The van der Waals surface area contributed by atoms with Crippen molar-refractivity contribution >= 4 is 5.91 Å². The molecule has 0 unspecified atom stereocenters. The lowest BCUT2D eigenvalue weighted by Gasteiger charge is -2.11. The van der Waals surface area contributed by atoms with Gasteiger partial charge in [0, 0.05) is 31.8 Å². The lowest BCUT2D eigenvalue weighted by atomic mass is 10.1. The van der Waals surface area contributed by atoms with Crippen molar-refractivity contribution in [1.29, 1.82) is 0 Å². The average Bonchev–Trinajstić information content (AvgIpc) is 3.42. The summed E-state index contributed by atoms with van der Waals surface area (Å²) in [6.07, 6.45) is 0.617. The number of alkyl halides is 3. The molecule has 0 saturated heterocycles. The van der Waals surface area contributed by atoms with Crippen LogP contribution in [-0.4, -0.2) is 20.7 Å². The van der Waals surface area contributed by atoms with E-state index in [0.717, 1.165) is 49.5 Å². The molecular weight excluding hydrogens is 381 g/mol. The van der Waals surface area contributed by atoms with E-state index < -0.39 is 11.7 Å². The number of halogens is 3. The number of nitrogens with one attached hydrogen (secondary N) is 1. The quantitative estimate of drug-likeness (QED) is 0.666. The fraction of sp³-hybridized carbons (Fsp3) is 0.571. The van der Waals surface area contributed by atoms with Crippen LogP contribution in [0, 0.1) is 5.92 Å². The zero-order chi connectivity index (χ0) is 21.0. The molecular formula is C21H27F3N4O. The SMILES string of the molecule is CC(C)CCc1nnc(CCC(=O)NCc2ccc(C(F)(F)F)cc2)n1C1CC1. The Labute approximate surface area is 168 Å². The Morgan fingerprint density at radius 2 is 1.76 bits per heavy atom. The third-order valence-corrected chi connectivity index (χ3v) is 5.04. The highest BCUT2D eigenvalue weighted by atomic mass is 19.4. The molecule has 1 N–H and O–H groups in total. The molecule has 2 aromatic rings. The molecule has 1 aliphatic rings. The minimum atomic E-state index is -4.35. The van der Waals surface area contributed by atoms with Crippen molar-refractivity contribution < 1.29 is 18.0 Å². The van der Waals surface area contributed by atoms with Gasteiger partial charge in [0.2, 0.25) is 5.91 Å². The summed E-state index contributed by atoms with van der Waals surface area (Å²) in [4.78, 5) is 12.2. The van der Waals surface area contributed by atoms with E-state index in [1.165, 1.54) is 12.1 Å². The third-order valence-electron chi connectivity index (χ3n) is 5.04. The molecule has 1 fully saturated rings. The van der Waals surface area contributed by atoms with Crippen molar-refractivity contribution in [2.45, 2.75) is 71.1 Å². The van der Waals surface area contributed by atoms with Gasteiger partial charge in [0.15, 0.2) is 0 Å². The number of aryl methyl sites for hydroxylation is 2. The van der Waals surface area contributed by atoms with E-state index in [4.69, 9.17) is 0 Å². The van der Waals surface area contributed by atoms with Crippen LogP contribution in [0.4, 0.5) is 13.2 Å². The molecule has 0 spiro atoms. The third kappa shape index (κ3) is 6.05. The summed E-state index contributed by atoms with van der Waals surface area (Å²) in [5, 5.41) is 11.4. The van der Waals surface area contributed by atoms with E-state index in [0.29, 0.717) is 23.9 Å². The Bertz CT molecular complexity index is 823. The van der Waals surface area contributed by atoms with Gasteiger partial charge in [-0.2, -0.15) is 13.2 Å². The Hall–Kier alpha value is -2.38. The Morgan fingerprint density at radius 1 is 1.14 bits per heavy atom. The molecule has 0 bridgehead atoms. The van der Waals surface area contributed by atoms with Crippen LogP contribution in [0.15, 0.2) is 24.3 Å². The van der Waals surface area contributed by atoms with Crippen molar-refractivity contribution in [3.05, 3.63) is 47.0 Å². The second kappa shape index (κ2) is 8.97. The molecule has 0 atom stereocenters. The van der Waals surface area contributed by atoms with E-state index in [-0.39, 0.29) is 18.9 Å². The van der Waals surface area contributed by atoms with Gasteiger partial charge in [-0.15, -0.1) is 10.2 Å². The van der Waals surface area contributed by atoms with Crippen LogP contribution in [0.3, 0.4) is 0 Å². The van der Waals surface area contributed by atoms with E-state index >= 15 is 0 Å². The van der Waals surface area contributed by atoms with Crippen LogP contribution in [0.2, 0.25) is 0 Å². The second-order valence-corrected chi connectivity index (χ2v) is 8.04. The monoisotopic (exact) mass is 408 g/mol. The molecule has 0 radical (unpaired) electrons. The largest absolute Gasteiger partial charge is 0.416 e. The zero-order valence-electron chi connectivity index (χ0n) is 16.8. The summed E-state index contributed by atoms with van der Waals surface area (Å²) >= 11 is 0. The Kier molecular flexibility index (Phi) is 6.59. The standard InChI is InChI=1S/C21H27F3N4O/c1-14(2)3-10-18-26-27-19(28(18)17-8-9-17)11-12-20(29)25-13-15-4-6-16(7-5-15)21(22,23)24/h4-7,14,17H,3,8-13H2,1-2H3,(H,25,29). The topological polar surface area (TPSA) is 59.8 Å². The van der Waals surface area contributed by atoms with Crippen molar-refractivity contribution in [2.24, 2.45) is 5.92 Å². The van der Waals surface area contributed by atoms with Gasteiger partial charge in [0.05, 0.1) is 5.56 Å². The van der Waals surface area contributed by atoms with E-state index in [1.807, 2.05) is 0 Å². The lowest BCUT2D eigenvalue weighted by molar-refractivity contribution is -0.137. The predicted molar refractivity (Wildman–Crippen MR) is 103 cm³/mol. The molecule has 29 heavy (non-hydrogen) atoms. The molecule has 8 heteroatoms. The molecule has 1 aromatic carbocycles. The number of amides is 1. The van der Waals surface area contributed by atoms with Gasteiger partial charge in [0.1, 0.15) is 11.6 Å². The molecule has 0 aliphatic heterocycles. The van der Waals surface area contributed by atoms with E-state index in [9.17, 15) is 18.0 Å². The highest BCUT2D eigenvalue weighted by Gasteiger charge is 2.30. The smallest absolute Gasteiger partial charge is 0.352 e.